The molecule has 0 aliphatic carbocycles. The van der Waals surface area contributed by atoms with E-state index in [9.17, 15) is 19.5 Å². The highest BCUT2D eigenvalue weighted by Crippen LogP contribution is 2.71. The molecule has 7 nitrogen and oxygen atoms in total. The molecule has 0 radical (unpaired) electrons. The van der Waals surface area contributed by atoms with Crippen molar-refractivity contribution in [2.75, 3.05) is 31.2 Å². The van der Waals surface area contributed by atoms with Crippen molar-refractivity contribution >= 4 is 46.8 Å². The molecule has 0 saturated carbocycles. The number of anilines is 1. The highest BCUT2D eigenvalue weighted by atomic mass is 35.5. The Morgan fingerprint density at radius 2 is 2.05 bits per heavy atom. The van der Waals surface area contributed by atoms with Crippen LogP contribution in [0.2, 0.25) is 5.02 Å². The molecule has 1 N–H and O–H groups in total. The molecule has 4 rings (SSSR count). The maximum atomic E-state index is 14.6. The van der Waals surface area contributed by atoms with E-state index in [0.29, 0.717) is 49.4 Å². The minimum Gasteiger partial charge on any atom is -0.465 e. The van der Waals surface area contributed by atoms with Gasteiger partial charge in [0.1, 0.15) is 6.04 Å². The Labute approximate surface area is 234 Å². The van der Waals surface area contributed by atoms with Gasteiger partial charge in [-0.1, -0.05) is 35.9 Å². The molecule has 3 aliphatic heterocycles. The number of likely N-dealkylation sites (tertiary alicyclic amines) is 1. The standard InChI is InChI=1S/C29H37ClN2O5S/c1-5-7-18-37-27(36)22-21-25(34)32(16-8-9-17-33)24(29(21)14-13-28(22,4)38-29)26(35)31(15-6-2)23-19(3)11-10-12-20(23)30/h5-6,10-12,21-22,24,33H,1-2,7-9,13-18H2,3-4H3/t21-,22+,24?,28-,29?/m0/s1. The Kier molecular flexibility index (Phi) is 8.65. The normalized spacial score (nSPS) is 29.3. The first-order valence-corrected chi connectivity index (χ1v) is 14.4. The van der Waals surface area contributed by atoms with Crippen LogP contribution < -0.4 is 4.90 Å². The molecule has 206 valence electrons. The third-order valence-corrected chi connectivity index (χ3v) is 10.5. The third kappa shape index (κ3) is 4.69. The number of halogens is 1. The second kappa shape index (κ2) is 11.4. The number of carbonyl (C=O) groups excluding carboxylic acids is 3. The third-order valence-electron chi connectivity index (χ3n) is 8.17. The van der Waals surface area contributed by atoms with Gasteiger partial charge in [0.25, 0.3) is 5.91 Å². The Morgan fingerprint density at radius 3 is 2.71 bits per heavy atom. The molecular weight excluding hydrogens is 524 g/mol. The molecule has 0 aromatic heterocycles. The number of ether oxygens (including phenoxy) is 1. The number of hydrogen-bond donors (Lipinski definition) is 1. The lowest BCUT2D eigenvalue weighted by atomic mass is 9.66. The van der Waals surface area contributed by atoms with E-state index in [-0.39, 0.29) is 37.5 Å². The van der Waals surface area contributed by atoms with Crippen LogP contribution in [0.3, 0.4) is 0 Å². The molecule has 3 heterocycles. The summed E-state index contributed by atoms with van der Waals surface area (Å²) in [5, 5.41) is 9.84. The summed E-state index contributed by atoms with van der Waals surface area (Å²) in [6, 6.07) is 4.72. The van der Waals surface area contributed by atoms with E-state index in [1.54, 1.807) is 39.8 Å². The van der Waals surface area contributed by atoms with E-state index in [1.807, 2.05) is 26.0 Å². The van der Waals surface area contributed by atoms with Gasteiger partial charge in [-0.05, 0) is 57.6 Å². The number of nitrogens with zero attached hydrogens (tertiary/aromatic N) is 2. The number of unbranched alkanes of at least 4 members (excludes halogenated alkanes) is 1. The number of benzene rings is 1. The fourth-order valence-corrected chi connectivity index (χ4v) is 9.23. The van der Waals surface area contributed by atoms with Crippen molar-refractivity contribution in [3.63, 3.8) is 0 Å². The monoisotopic (exact) mass is 560 g/mol. The average Bonchev–Trinajstić information content (AvgIpc) is 3.44. The van der Waals surface area contributed by atoms with Crippen LogP contribution in [0.4, 0.5) is 5.69 Å². The largest absolute Gasteiger partial charge is 0.465 e. The molecule has 3 fully saturated rings. The number of esters is 1. The fraction of sp³-hybridized carbons (Fsp3) is 0.552. The topological polar surface area (TPSA) is 87.1 Å². The Hall–Kier alpha value is -2.29. The second-order valence-electron chi connectivity index (χ2n) is 10.6. The quantitative estimate of drug-likeness (QED) is 0.229. The van der Waals surface area contributed by atoms with Crippen LogP contribution >= 0.6 is 23.4 Å². The van der Waals surface area contributed by atoms with Crippen molar-refractivity contribution < 1.29 is 24.2 Å². The van der Waals surface area contributed by atoms with Crippen LogP contribution in [-0.2, 0) is 19.1 Å². The molecule has 2 unspecified atom stereocenters. The van der Waals surface area contributed by atoms with Crippen LogP contribution in [-0.4, -0.2) is 69.6 Å². The molecule has 1 aromatic rings. The van der Waals surface area contributed by atoms with Crippen LogP contribution in [0.5, 0.6) is 0 Å². The molecule has 2 bridgehead atoms. The van der Waals surface area contributed by atoms with E-state index in [0.717, 1.165) is 5.56 Å². The predicted octanol–water partition coefficient (Wildman–Crippen LogP) is 4.54. The van der Waals surface area contributed by atoms with Crippen molar-refractivity contribution in [1.82, 2.24) is 4.90 Å². The fourth-order valence-electron chi connectivity index (χ4n) is 6.56. The lowest BCUT2D eigenvalue weighted by Gasteiger charge is -2.37. The molecular formula is C29H37ClN2O5S. The number of aliphatic hydroxyl groups excluding tert-OH is 1. The van der Waals surface area contributed by atoms with Gasteiger partial charge in [-0.25, -0.2) is 0 Å². The zero-order valence-corrected chi connectivity index (χ0v) is 23.7. The zero-order chi connectivity index (χ0) is 27.7. The highest BCUT2D eigenvalue weighted by Gasteiger charge is 2.77. The minimum absolute atomic E-state index is 0.00168. The number of aliphatic hydroxyl groups is 1. The first-order chi connectivity index (χ1) is 18.2. The van der Waals surface area contributed by atoms with Crippen LogP contribution in [0.25, 0.3) is 0 Å². The lowest BCUT2D eigenvalue weighted by molar-refractivity contribution is -0.155. The highest BCUT2D eigenvalue weighted by molar-refractivity contribution is 8.02. The summed E-state index contributed by atoms with van der Waals surface area (Å²) < 4.78 is 4.35. The summed E-state index contributed by atoms with van der Waals surface area (Å²) in [6.45, 7) is 12.2. The van der Waals surface area contributed by atoms with Gasteiger partial charge < -0.3 is 19.6 Å². The molecule has 1 spiro atoms. The van der Waals surface area contributed by atoms with Crippen molar-refractivity contribution in [2.24, 2.45) is 11.8 Å². The van der Waals surface area contributed by atoms with Crippen molar-refractivity contribution in [3.8, 4) is 0 Å². The Balaban J connectivity index is 1.78. The van der Waals surface area contributed by atoms with Gasteiger partial charge in [-0.15, -0.1) is 24.9 Å². The number of thioether (sulfide) groups is 1. The van der Waals surface area contributed by atoms with Gasteiger partial charge in [0, 0.05) is 24.4 Å². The van der Waals surface area contributed by atoms with Crippen LogP contribution in [0, 0.1) is 18.8 Å². The number of amides is 2. The number of para-hydroxylation sites is 1. The average molecular weight is 561 g/mol. The number of fused-ring (bicyclic) bond motifs is 1. The summed E-state index contributed by atoms with van der Waals surface area (Å²) in [5.41, 5.74) is 1.45. The number of carbonyl (C=O) groups is 3. The summed E-state index contributed by atoms with van der Waals surface area (Å²) in [4.78, 5) is 45.4. The van der Waals surface area contributed by atoms with Gasteiger partial charge in [0.05, 0.1) is 33.9 Å². The molecule has 5 atom stereocenters. The van der Waals surface area contributed by atoms with Gasteiger partial charge >= 0.3 is 5.97 Å². The molecule has 1 aromatic carbocycles. The number of hydrogen-bond acceptors (Lipinski definition) is 6. The molecule has 2 amide bonds. The molecule has 3 saturated heterocycles. The minimum atomic E-state index is -0.771. The number of rotatable bonds is 12. The first kappa shape index (κ1) is 28.7. The number of aryl methyl sites for hydroxylation is 1. The maximum absolute atomic E-state index is 14.6. The first-order valence-electron chi connectivity index (χ1n) is 13.2. The smallest absolute Gasteiger partial charge is 0.311 e. The van der Waals surface area contributed by atoms with E-state index in [1.165, 1.54) is 0 Å². The van der Waals surface area contributed by atoms with Gasteiger partial charge in [0.15, 0.2) is 0 Å². The van der Waals surface area contributed by atoms with Crippen LogP contribution in [0.1, 0.15) is 44.6 Å². The summed E-state index contributed by atoms with van der Waals surface area (Å²) in [6.07, 6.45) is 6.31. The maximum Gasteiger partial charge on any atom is 0.311 e. The second-order valence-corrected chi connectivity index (χ2v) is 12.9. The summed E-state index contributed by atoms with van der Waals surface area (Å²) in [5.74, 6) is -2.07. The van der Waals surface area contributed by atoms with Crippen LogP contribution in [0.15, 0.2) is 43.5 Å². The summed E-state index contributed by atoms with van der Waals surface area (Å²) >= 11 is 8.21. The van der Waals surface area contributed by atoms with Crippen molar-refractivity contribution in [3.05, 3.63) is 54.1 Å². The SMILES string of the molecule is C=CCCOC(=O)[C@H]1[C@H]2C(=O)N(CCCCO)C(C(=O)N(CC=C)c3c(C)cccc3Cl)C23CC[C@]1(C)S3. The van der Waals surface area contributed by atoms with E-state index in [2.05, 4.69) is 13.2 Å². The summed E-state index contributed by atoms with van der Waals surface area (Å²) in [7, 11) is 0. The van der Waals surface area contributed by atoms with Crippen molar-refractivity contribution in [2.45, 2.75) is 61.5 Å². The zero-order valence-electron chi connectivity index (χ0n) is 22.2. The molecule has 3 aliphatic rings. The molecule has 9 heteroatoms. The van der Waals surface area contributed by atoms with Gasteiger partial charge in [-0.3, -0.25) is 14.4 Å². The Bertz CT molecular complexity index is 1110. The van der Waals surface area contributed by atoms with Crippen molar-refractivity contribution in [1.29, 1.82) is 0 Å². The van der Waals surface area contributed by atoms with Gasteiger partial charge in [-0.2, -0.15) is 0 Å². The predicted molar refractivity (Wildman–Crippen MR) is 151 cm³/mol. The van der Waals surface area contributed by atoms with E-state index in [4.69, 9.17) is 16.3 Å². The lowest BCUT2D eigenvalue weighted by Crippen LogP contribution is -2.55. The molecule has 38 heavy (non-hydrogen) atoms. The van der Waals surface area contributed by atoms with E-state index >= 15 is 0 Å². The van der Waals surface area contributed by atoms with Gasteiger partial charge in [0.2, 0.25) is 5.91 Å². The van der Waals surface area contributed by atoms with E-state index < -0.39 is 27.4 Å². The Morgan fingerprint density at radius 1 is 1.29 bits per heavy atom.